The van der Waals surface area contributed by atoms with Crippen LogP contribution in [0.5, 0.6) is 11.5 Å². The van der Waals surface area contributed by atoms with Gasteiger partial charge in [0.05, 0.1) is 10.5 Å². The summed E-state index contributed by atoms with van der Waals surface area (Å²) in [5.41, 5.74) is 1.99. The van der Waals surface area contributed by atoms with Gasteiger partial charge in [-0.1, -0.05) is 30.3 Å². The molecule has 176 valence electrons. The van der Waals surface area contributed by atoms with E-state index in [0.717, 1.165) is 43.3 Å². The number of piperazine rings is 1. The van der Waals surface area contributed by atoms with E-state index in [9.17, 15) is 8.42 Å². The number of rotatable bonds is 4. The molecule has 0 bridgehead atoms. The van der Waals surface area contributed by atoms with Crippen LogP contribution >= 0.6 is 0 Å². The molecule has 0 saturated carbocycles. The highest BCUT2D eigenvalue weighted by Gasteiger charge is 2.27. The number of aliphatic imine (C=N–C) groups is 1. The van der Waals surface area contributed by atoms with Crippen LogP contribution in [0.2, 0.25) is 0 Å². The largest absolute Gasteiger partial charge is 0.454 e. The lowest BCUT2D eigenvalue weighted by Gasteiger charge is -2.38. The fourth-order valence-corrected chi connectivity index (χ4v) is 5.36. The van der Waals surface area contributed by atoms with Crippen LogP contribution in [-0.4, -0.2) is 56.3 Å². The van der Waals surface area contributed by atoms with Gasteiger partial charge in [-0.25, -0.2) is 13.4 Å². The summed E-state index contributed by atoms with van der Waals surface area (Å²) in [6.07, 6.45) is 0. The maximum atomic E-state index is 12.9. The first kappa shape index (κ1) is 22.4. The highest BCUT2D eigenvalue weighted by Crippen LogP contribution is 2.39. The van der Waals surface area contributed by atoms with Gasteiger partial charge in [0.15, 0.2) is 5.75 Å². The van der Waals surface area contributed by atoms with E-state index in [1.165, 1.54) is 0 Å². The van der Waals surface area contributed by atoms with Crippen molar-refractivity contribution in [3.8, 4) is 11.5 Å². The van der Waals surface area contributed by atoms with Crippen LogP contribution in [0.15, 0.2) is 82.7 Å². The summed E-state index contributed by atoms with van der Waals surface area (Å²) < 4.78 is 34.8. The molecule has 7 nitrogen and oxygen atoms in total. The van der Waals surface area contributed by atoms with Crippen molar-refractivity contribution >= 4 is 27.2 Å². The summed E-state index contributed by atoms with van der Waals surface area (Å²) in [6.45, 7) is 7.97. The zero-order valence-electron chi connectivity index (χ0n) is 19.3. The van der Waals surface area contributed by atoms with E-state index in [4.69, 9.17) is 9.73 Å². The quantitative estimate of drug-likeness (QED) is 0.591. The molecule has 1 N–H and O–H groups in total. The van der Waals surface area contributed by atoms with Gasteiger partial charge in [0.25, 0.3) is 10.0 Å². The standard InChI is InChI=1S/C26H28N4O3S/c1-19(2)29-14-16-30(17-15-29)26-22-18-20(28-34(31,32)21-8-4-3-5-9-21)12-13-24(22)33-25-11-7-6-10-23(25)27-26/h3-13,18-19,28H,14-17H2,1-2H3. The monoisotopic (exact) mass is 476 g/mol. The lowest BCUT2D eigenvalue weighted by molar-refractivity contribution is 0.149. The number of sulfonamides is 1. The molecule has 3 aromatic carbocycles. The Balaban J connectivity index is 1.52. The zero-order valence-corrected chi connectivity index (χ0v) is 20.1. The molecule has 8 heteroatoms. The Kier molecular flexibility index (Phi) is 6.02. The van der Waals surface area contributed by atoms with Crippen LogP contribution in [0.25, 0.3) is 0 Å². The van der Waals surface area contributed by atoms with E-state index in [1.807, 2.05) is 30.3 Å². The Morgan fingerprint density at radius 1 is 0.882 bits per heavy atom. The minimum Gasteiger partial charge on any atom is -0.454 e. The van der Waals surface area contributed by atoms with Gasteiger partial charge in [-0.2, -0.15) is 0 Å². The molecular formula is C26H28N4O3S. The predicted octanol–water partition coefficient (Wildman–Crippen LogP) is 4.70. The van der Waals surface area contributed by atoms with Gasteiger partial charge in [0.2, 0.25) is 0 Å². The molecule has 34 heavy (non-hydrogen) atoms. The second kappa shape index (κ2) is 9.12. The Labute approximate surface area is 200 Å². The van der Waals surface area contributed by atoms with Gasteiger partial charge >= 0.3 is 0 Å². The fourth-order valence-electron chi connectivity index (χ4n) is 4.29. The summed E-state index contributed by atoms with van der Waals surface area (Å²) in [5, 5.41) is 0. The minimum absolute atomic E-state index is 0.215. The Bertz CT molecular complexity index is 1310. The molecular weight excluding hydrogens is 448 g/mol. The number of nitrogens with one attached hydrogen (secondary N) is 1. The first-order valence-electron chi connectivity index (χ1n) is 11.5. The molecule has 0 amide bonds. The average Bonchev–Trinajstić information content (AvgIpc) is 3.01. The van der Waals surface area contributed by atoms with E-state index in [2.05, 4.69) is 28.4 Å². The van der Waals surface area contributed by atoms with Crippen molar-refractivity contribution in [3.63, 3.8) is 0 Å². The number of nitrogens with zero attached hydrogens (tertiary/aromatic N) is 3. The predicted molar refractivity (Wildman–Crippen MR) is 135 cm³/mol. The SMILES string of the molecule is CC(C)N1CCN(C2=Nc3ccccc3Oc3ccc(NS(=O)(=O)c4ccccc4)cc32)CC1. The van der Waals surface area contributed by atoms with Gasteiger partial charge in [-0.15, -0.1) is 0 Å². The third kappa shape index (κ3) is 4.51. The molecule has 0 spiro atoms. The fraction of sp³-hybridized carbons (Fsp3) is 0.269. The Hall–Kier alpha value is -3.36. The second-order valence-electron chi connectivity index (χ2n) is 8.75. The molecule has 2 aliphatic heterocycles. The molecule has 2 aliphatic rings. The number of ether oxygens (including phenoxy) is 1. The van der Waals surface area contributed by atoms with Crippen LogP contribution in [-0.2, 0) is 10.0 Å². The van der Waals surface area contributed by atoms with E-state index >= 15 is 0 Å². The van der Waals surface area contributed by atoms with Crippen molar-refractivity contribution in [2.75, 3.05) is 30.9 Å². The van der Waals surface area contributed by atoms with Crippen LogP contribution in [0.1, 0.15) is 19.4 Å². The lowest BCUT2D eigenvalue weighted by Crippen LogP contribution is -2.50. The summed E-state index contributed by atoms with van der Waals surface area (Å²) in [5.74, 6) is 2.12. The highest BCUT2D eigenvalue weighted by atomic mass is 32.2. The zero-order chi connectivity index (χ0) is 23.7. The second-order valence-corrected chi connectivity index (χ2v) is 10.4. The summed E-state index contributed by atoms with van der Waals surface area (Å²) in [4.78, 5) is 9.92. The van der Waals surface area contributed by atoms with Crippen molar-refractivity contribution in [2.24, 2.45) is 4.99 Å². The van der Waals surface area contributed by atoms with Crippen LogP contribution in [0.3, 0.4) is 0 Å². The van der Waals surface area contributed by atoms with Gasteiger partial charge in [-0.3, -0.25) is 9.62 Å². The molecule has 5 rings (SSSR count). The van der Waals surface area contributed by atoms with Crippen molar-refractivity contribution in [2.45, 2.75) is 24.8 Å². The van der Waals surface area contributed by atoms with Gasteiger partial charge in [0.1, 0.15) is 17.3 Å². The summed E-state index contributed by atoms with van der Waals surface area (Å²) in [6, 6.07) is 21.9. The smallest absolute Gasteiger partial charge is 0.261 e. The molecule has 1 saturated heterocycles. The summed E-state index contributed by atoms with van der Waals surface area (Å²) in [7, 11) is -3.71. The average molecular weight is 477 g/mol. The lowest BCUT2D eigenvalue weighted by atomic mass is 10.1. The van der Waals surface area contributed by atoms with Crippen LogP contribution in [0.4, 0.5) is 11.4 Å². The molecule has 0 atom stereocenters. The first-order chi connectivity index (χ1) is 16.4. The maximum Gasteiger partial charge on any atom is 0.261 e. The van der Waals surface area contributed by atoms with Crippen LogP contribution in [0, 0.1) is 0 Å². The first-order valence-corrected chi connectivity index (χ1v) is 13.0. The number of para-hydroxylation sites is 2. The van der Waals surface area contributed by atoms with Gasteiger partial charge in [-0.05, 0) is 56.3 Å². The molecule has 3 aromatic rings. The summed E-state index contributed by atoms with van der Waals surface area (Å²) >= 11 is 0. The molecule has 1 fully saturated rings. The molecule has 0 aromatic heterocycles. The Morgan fingerprint density at radius 2 is 1.59 bits per heavy atom. The Morgan fingerprint density at radius 3 is 2.32 bits per heavy atom. The number of hydrogen-bond acceptors (Lipinski definition) is 6. The number of anilines is 1. The third-order valence-electron chi connectivity index (χ3n) is 6.18. The number of amidine groups is 1. The van der Waals surface area contributed by atoms with Gasteiger partial charge in [0, 0.05) is 37.9 Å². The number of hydrogen-bond donors (Lipinski definition) is 1. The number of benzene rings is 3. The number of fused-ring (bicyclic) bond motifs is 2. The molecule has 2 heterocycles. The third-order valence-corrected chi connectivity index (χ3v) is 7.58. The van der Waals surface area contributed by atoms with Gasteiger partial charge < -0.3 is 9.64 Å². The van der Waals surface area contributed by atoms with E-state index in [1.54, 1.807) is 42.5 Å². The van der Waals surface area contributed by atoms with E-state index in [0.29, 0.717) is 23.2 Å². The van der Waals surface area contributed by atoms with E-state index < -0.39 is 10.0 Å². The molecule has 0 unspecified atom stereocenters. The topological polar surface area (TPSA) is 74.2 Å². The molecule has 0 radical (unpaired) electrons. The maximum absolute atomic E-state index is 12.9. The van der Waals surface area contributed by atoms with E-state index in [-0.39, 0.29) is 4.90 Å². The van der Waals surface area contributed by atoms with Crippen molar-refractivity contribution in [3.05, 3.63) is 78.4 Å². The van der Waals surface area contributed by atoms with Crippen molar-refractivity contribution < 1.29 is 13.2 Å². The highest BCUT2D eigenvalue weighted by molar-refractivity contribution is 7.92. The minimum atomic E-state index is -3.71. The normalized spacial score (nSPS) is 16.2. The van der Waals surface area contributed by atoms with Crippen molar-refractivity contribution in [1.82, 2.24) is 9.80 Å². The van der Waals surface area contributed by atoms with Crippen molar-refractivity contribution in [1.29, 1.82) is 0 Å². The molecule has 0 aliphatic carbocycles. The van der Waals surface area contributed by atoms with Crippen LogP contribution < -0.4 is 9.46 Å².